The monoisotopic (exact) mass is 404 g/mol. The van der Waals surface area contributed by atoms with E-state index >= 15 is 0 Å². The van der Waals surface area contributed by atoms with Crippen LogP contribution in [0.15, 0.2) is 24.3 Å². The van der Waals surface area contributed by atoms with Crippen LogP contribution in [0.4, 0.5) is 0 Å². The molecule has 2 heterocycles. The maximum atomic E-state index is 12.9. The maximum absolute atomic E-state index is 12.9. The van der Waals surface area contributed by atoms with Crippen molar-refractivity contribution < 1.29 is 24.6 Å². The molecule has 29 heavy (non-hydrogen) atoms. The molecule has 160 valence electrons. The lowest BCUT2D eigenvalue weighted by atomic mass is 9.95. The molecule has 0 spiro atoms. The molecule has 2 aliphatic heterocycles. The zero-order chi connectivity index (χ0) is 21.2. The van der Waals surface area contributed by atoms with Crippen molar-refractivity contribution in [2.24, 2.45) is 5.92 Å². The highest BCUT2D eigenvalue weighted by Gasteiger charge is 2.29. The summed E-state index contributed by atoms with van der Waals surface area (Å²) in [6.07, 6.45) is 7.16. The number of carbonyl (C=O) groups is 3. The van der Waals surface area contributed by atoms with E-state index in [-0.39, 0.29) is 5.92 Å². The molecule has 3 rings (SSSR count). The van der Waals surface area contributed by atoms with E-state index in [4.69, 9.17) is 19.8 Å². The molecule has 1 aromatic rings. The van der Waals surface area contributed by atoms with Gasteiger partial charge in [0.1, 0.15) is 0 Å². The average Bonchev–Trinajstić information content (AvgIpc) is 2.99. The van der Waals surface area contributed by atoms with Gasteiger partial charge in [-0.3, -0.25) is 9.69 Å². The van der Waals surface area contributed by atoms with Gasteiger partial charge in [-0.25, -0.2) is 9.59 Å². The minimum atomic E-state index is -1.82. The first-order valence-electron chi connectivity index (χ1n) is 10.4. The first-order chi connectivity index (χ1) is 13.9. The highest BCUT2D eigenvalue weighted by molar-refractivity contribution is 6.27. The summed E-state index contributed by atoms with van der Waals surface area (Å²) in [5, 5.41) is 14.8. The lowest BCUT2D eigenvalue weighted by Crippen LogP contribution is -2.44. The second-order valence-corrected chi connectivity index (χ2v) is 7.85. The number of carboxylic acids is 2. The summed E-state index contributed by atoms with van der Waals surface area (Å²) in [6, 6.07) is 8.61. The molecule has 1 aromatic carbocycles. The van der Waals surface area contributed by atoms with Crippen LogP contribution in [0.3, 0.4) is 0 Å². The van der Waals surface area contributed by atoms with Crippen LogP contribution in [0.1, 0.15) is 49.7 Å². The molecule has 2 saturated heterocycles. The van der Waals surface area contributed by atoms with Gasteiger partial charge in [-0.05, 0) is 50.3 Å². The maximum Gasteiger partial charge on any atom is 0.414 e. The number of nitrogens with zero attached hydrogens (tertiary/aromatic N) is 2. The fourth-order valence-corrected chi connectivity index (χ4v) is 3.98. The van der Waals surface area contributed by atoms with E-state index < -0.39 is 11.9 Å². The van der Waals surface area contributed by atoms with Crippen LogP contribution in [0.5, 0.6) is 0 Å². The summed E-state index contributed by atoms with van der Waals surface area (Å²) < 4.78 is 0. The number of aliphatic carboxylic acids is 2. The molecule has 2 aliphatic rings. The zero-order valence-electron chi connectivity index (χ0n) is 17.2. The summed E-state index contributed by atoms with van der Waals surface area (Å²) in [5.74, 6) is -3.02. The first-order valence-corrected chi connectivity index (χ1v) is 10.4. The Morgan fingerprint density at radius 3 is 2.14 bits per heavy atom. The van der Waals surface area contributed by atoms with Gasteiger partial charge < -0.3 is 15.1 Å². The number of piperidine rings is 1. The fraction of sp³-hybridized carbons (Fsp3) is 0.591. The number of hydrogen-bond acceptors (Lipinski definition) is 4. The number of amides is 1. The molecule has 2 fully saturated rings. The first kappa shape index (κ1) is 22.9. The summed E-state index contributed by atoms with van der Waals surface area (Å²) in [5.41, 5.74) is 2.75. The Morgan fingerprint density at radius 2 is 1.55 bits per heavy atom. The number of aryl methyl sites for hydroxylation is 1. The van der Waals surface area contributed by atoms with Gasteiger partial charge in [0.15, 0.2) is 0 Å². The molecule has 0 aromatic heterocycles. The smallest absolute Gasteiger partial charge is 0.414 e. The third-order valence-corrected chi connectivity index (χ3v) is 5.61. The van der Waals surface area contributed by atoms with Gasteiger partial charge in [-0.1, -0.05) is 37.1 Å². The summed E-state index contributed by atoms with van der Waals surface area (Å²) in [7, 11) is 0. The standard InChI is InChI=1S/C20H30N2O.C2H2O4/c1-17-9-4-5-10-18(17)15-21-12-8-11-19(16-21)20(23)22-13-6-2-3-7-14-22;3-1(4)2(5)6/h4-5,9-10,19H,2-3,6-8,11-16H2,1H3;(H,3,4)(H,5,6). The van der Waals surface area contributed by atoms with Crippen molar-refractivity contribution in [1.29, 1.82) is 0 Å². The lowest BCUT2D eigenvalue weighted by Gasteiger charge is -2.35. The second kappa shape index (κ2) is 11.6. The van der Waals surface area contributed by atoms with E-state index in [2.05, 4.69) is 41.0 Å². The summed E-state index contributed by atoms with van der Waals surface area (Å²) in [6.45, 7) is 7.18. The van der Waals surface area contributed by atoms with Crippen LogP contribution in [0.25, 0.3) is 0 Å². The van der Waals surface area contributed by atoms with Gasteiger partial charge in [-0.15, -0.1) is 0 Å². The van der Waals surface area contributed by atoms with Crippen molar-refractivity contribution in [3.05, 3.63) is 35.4 Å². The van der Waals surface area contributed by atoms with E-state index in [0.717, 1.165) is 45.6 Å². The predicted octanol–water partition coefficient (Wildman–Crippen LogP) is 2.77. The number of rotatable bonds is 3. The number of likely N-dealkylation sites (tertiary alicyclic amines) is 2. The Morgan fingerprint density at radius 1 is 0.931 bits per heavy atom. The van der Waals surface area contributed by atoms with Crippen molar-refractivity contribution in [1.82, 2.24) is 9.80 Å². The minimum Gasteiger partial charge on any atom is -0.473 e. The SMILES string of the molecule is Cc1ccccc1CN1CCCC(C(=O)N2CCCCCC2)C1.O=C(O)C(=O)O. The summed E-state index contributed by atoms with van der Waals surface area (Å²) >= 11 is 0. The molecular formula is C22H32N2O5. The van der Waals surface area contributed by atoms with E-state index in [1.807, 2.05) is 0 Å². The molecule has 1 amide bonds. The molecule has 0 aliphatic carbocycles. The largest absolute Gasteiger partial charge is 0.473 e. The molecule has 0 radical (unpaired) electrons. The molecule has 7 nitrogen and oxygen atoms in total. The molecule has 1 unspecified atom stereocenters. The number of hydrogen-bond donors (Lipinski definition) is 2. The van der Waals surface area contributed by atoms with Gasteiger partial charge in [0.25, 0.3) is 0 Å². The second-order valence-electron chi connectivity index (χ2n) is 7.85. The average molecular weight is 405 g/mol. The Labute approximate surface area is 172 Å². The van der Waals surface area contributed by atoms with Gasteiger partial charge in [0.2, 0.25) is 5.91 Å². The molecule has 0 bridgehead atoms. The van der Waals surface area contributed by atoms with Crippen molar-refractivity contribution in [2.75, 3.05) is 26.2 Å². The quantitative estimate of drug-likeness (QED) is 0.752. The van der Waals surface area contributed by atoms with E-state index in [0.29, 0.717) is 5.91 Å². The van der Waals surface area contributed by atoms with Crippen LogP contribution in [0.2, 0.25) is 0 Å². The fourth-order valence-electron chi connectivity index (χ4n) is 3.98. The van der Waals surface area contributed by atoms with Crippen LogP contribution in [-0.2, 0) is 20.9 Å². The van der Waals surface area contributed by atoms with Gasteiger partial charge in [0, 0.05) is 26.2 Å². The molecule has 0 saturated carbocycles. The Hall–Kier alpha value is -2.41. The van der Waals surface area contributed by atoms with Crippen LogP contribution < -0.4 is 0 Å². The van der Waals surface area contributed by atoms with Crippen LogP contribution in [0, 0.1) is 12.8 Å². The normalized spacial score (nSPS) is 20.2. The molecule has 1 atom stereocenters. The van der Waals surface area contributed by atoms with Crippen LogP contribution >= 0.6 is 0 Å². The van der Waals surface area contributed by atoms with Crippen molar-refractivity contribution in [3.8, 4) is 0 Å². The minimum absolute atomic E-state index is 0.214. The van der Waals surface area contributed by atoms with E-state index in [9.17, 15) is 4.79 Å². The summed E-state index contributed by atoms with van der Waals surface area (Å²) in [4.78, 5) is 35.7. The van der Waals surface area contributed by atoms with Crippen molar-refractivity contribution in [3.63, 3.8) is 0 Å². The van der Waals surface area contributed by atoms with Gasteiger partial charge in [-0.2, -0.15) is 0 Å². The number of carbonyl (C=O) groups excluding carboxylic acids is 1. The molecule has 7 heteroatoms. The highest BCUT2D eigenvalue weighted by Crippen LogP contribution is 2.23. The van der Waals surface area contributed by atoms with Gasteiger partial charge in [0.05, 0.1) is 5.92 Å². The van der Waals surface area contributed by atoms with Crippen molar-refractivity contribution >= 4 is 17.8 Å². The lowest BCUT2D eigenvalue weighted by molar-refractivity contribution is -0.159. The molecule has 2 N–H and O–H groups in total. The van der Waals surface area contributed by atoms with Crippen LogP contribution in [-0.4, -0.2) is 64.0 Å². The third kappa shape index (κ3) is 7.49. The predicted molar refractivity (Wildman–Crippen MR) is 109 cm³/mol. The molecular weight excluding hydrogens is 372 g/mol. The Kier molecular flexibility index (Phi) is 9.12. The van der Waals surface area contributed by atoms with Crippen molar-refractivity contribution in [2.45, 2.75) is 52.0 Å². The highest BCUT2D eigenvalue weighted by atomic mass is 16.4. The third-order valence-electron chi connectivity index (χ3n) is 5.61. The Bertz CT molecular complexity index is 686. The van der Waals surface area contributed by atoms with Gasteiger partial charge >= 0.3 is 11.9 Å². The number of benzene rings is 1. The van der Waals surface area contributed by atoms with E-state index in [1.165, 1.54) is 36.8 Å². The van der Waals surface area contributed by atoms with E-state index in [1.54, 1.807) is 0 Å². The number of carboxylic acid groups (broad SMARTS) is 2. The Balaban J connectivity index is 0.000000438. The topological polar surface area (TPSA) is 98.2 Å². The zero-order valence-corrected chi connectivity index (χ0v) is 17.2.